The van der Waals surface area contributed by atoms with Gasteiger partial charge in [0, 0.05) is 44.5 Å². The molecule has 1 heterocycles. The second-order valence-electron chi connectivity index (χ2n) is 5.28. The van der Waals surface area contributed by atoms with E-state index < -0.39 is 0 Å². The summed E-state index contributed by atoms with van der Waals surface area (Å²) in [5.74, 6) is -0.183. The lowest BCUT2D eigenvalue weighted by Gasteiger charge is -2.36. The Morgan fingerprint density at radius 2 is 1.83 bits per heavy atom. The maximum Gasteiger partial charge on any atom is 0.125 e. The SMILES string of the molecule is NCc1cc(F)cc(N2CCN(C3CC3)CC2)c1. The number of rotatable bonds is 3. The average Bonchev–Trinajstić information content (AvgIpc) is 3.22. The van der Waals surface area contributed by atoms with Crippen LogP contribution in [0.1, 0.15) is 18.4 Å². The minimum Gasteiger partial charge on any atom is -0.369 e. The van der Waals surface area contributed by atoms with E-state index >= 15 is 0 Å². The van der Waals surface area contributed by atoms with Crippen molar-refractivity contribution in [1.29, 1.82) is 0 Å². The van der Waals surface area contributed by atoms with E-state index in [9.17, 15) is 4.39 Å². The molecule has 18 heavy (non-hydrogen) atoms. The number of nitrogens with zero attached hydrogens (tertiary/aromatic N) is 2. The van der Waals surface area contributed by atoms with Crippen molar-refractivity contribution in [3.8, 4) is 0 Å². The lowest BCUT2D eigenvalue weighted by Crippen LogP contribution is -2.47. The molecular formula is C14H20FN3. The van der Waals surface area contributed by atoms with E-state index in [4.69, 9.17) is 5.73 Å². The van der Waals surface area contributed by atoms with Crippen LogP contribution in [-0.4, -0.2) is 37.1 Å². The lowest BCUT2D eigenvalue weighted by atomic mass is 10.1. The van der Waals surface area contributed by atoms with Crippen molar-refractivity contribution in [2.75, 3.05) is 31.1 Å². The number of halogens is 1. The number of nitrogens with two attached hydrogens (primary N) is 1. The average molecular weight is 249 g/mol. The molecule has 1 aromatic rings. The van der Waals surface area contributed by atoms with E-state index in [1.165, 1.54) is 18.9 Å². The van der Waals surface area contributed by atoms with Crippen molar-refractivity contribution in [3.63, 3.8) is 0 Å². The molecule has 2 aliphatic rings. The van der Waals surface area contributed by atoms with Crippen molar-refractivity contribution < 1.29 is 4.39 Å². The summed E-state index contributed by atoms with van der Waals surface area (Å²) in [4.78, 5) is 4.82. The van der Waals surface area contributed by atoms with Crippen LogP contribution in [0.25, 0.3) is 0 Å². The van der Waals surface area contributed by atoms with E-state index in [1.807, 2.05) is 6.07 Å². The summed E-state index contributed by atoms with van der Waals surface area (Å²) in [5, 5.41) is 0. The van der Waals surface area contributed by atoms with Crippen LogP contribution in [-0.2, 0) is 6.54 Å². The Kier molecular flexibility index (Phi) is 3.22. The van der Waals surface area contributed by atoms with Crippen molar-refractivity contribution in [1.82, 2.24) is 4.90 Å². The number of anilines is 1. The molecule has 2 N–H and O–H groups in total. The highest BCUT2D eigenvalue weighted by Gasteiger charge is 2.31. The first-order valence-corrected chi connectivity index (χ1v) is 6.75. The minimum absolute atomic E-state index is 0.183. The Labute approximate surface area is 107 Å². The van der Waals surface area contributed by atoms with Crippen molar-refractivity contribution in [2.24, 2.45) is 5.73 Å². The fourth-order valence-electron chi connectivity index (χ4n) is 2.72. The summed E-state index contributed by atoms with van der Waals surface area (Å²) in [6.45, 7) is 4.57. The maximum absolute atomic E-state index is 13.5. The third kappa shape index (κ3) is 2.49. The van der Waals surface area contributed by atoms with Crippen molar-refractivity contribution >= 4 is 5.69 Å². The molecule has 3 rings (SSSR count). The number of piperazine rings is 1. The monoisotopic (exact) mass is 249 g/mol. The number of benzene rings is 1. The molecule has 1 aliphatic carbocycles. The zero-order valence-electron chi connectivity index (χ0n) is 10.6. The maximum atomic E-state index is 13.5. The van der Waals surface area contributed by atoms with Crippen LogP contribution in [0.4, 0.5) is 10.1 Å². The van der Waals surface area contributed by atoms with E-state index in [1.54, 1.807) is 6.07 Å². The van der Waals surface area contributed by atoms with Crippen LogP contribution < -0.4 is 10.6 Å². The molecule has 1 aliphatic heterocycles. The first-order chi connectivity index (χ1) is 8.76. The Morgan fingerprint density at radius 1 is 1.11 bits per heavy atom. The molecule has 0 amide bonds. The number of hydrogen-bond donors (Lipinski definition) is 1. The molecule has 2 fully saturated rings. The highest BCUT2D eigenvalue weighted by Crippen LogP contribution is 2.28. The van der Waals surface area contributed by atoms with Gasteiger partial charge < -0.3 is 10.6 Å². The predicted molar refractivity (Wildman–Crippen MR) is 71.1 cm³/mol. The van der Waals surface area contributed by atoms with Gasteiger partial charge in [-0.05, 0) is 36.6 Å². The predicted octanol–water partition coefficient (Wildman–Crippen LogP) is 1.57. The summed E-state index contributed by atoms with van der Waals surface area (Å²) >= 11 is 0. The number of hydrogen-bond acceptors (Lipinski definition) is 3. The third-order valence-corrected chi connectivity index (χ3v) is 3.92. The Balaban J connectivity index is 1.69. The molecule has 0 radical (unpaired) electrons. The molecule has 0 spiro atoms. The van der Waals surface area contributed by atoms with Crippen molar-refractivity contribution in [3.05, 3.63) is 29.6 Å². The molecule has 3 nitrogen and oxygen atoms in total. The molecule has 1 saturated heterocycles. The molecule has 0 atom stereocenters. The summed E-state index contributed by atoms with van der Waals surface area (Å²) in [6.07, 6.45) is 2.72. The molecule has 1 aromatic carbocycles. The molecule has 0 bridgehead atoms. The second kappa shape index (κ2) is 4.86. The largest absolute Gasteiger partial charge is 0.369 e. The smallest absolute Gasteiger partial charge is 0.125 e. The second-order valence-corrected chi connectivity index (χ2v) is 5.28. The molecule has 0 aromatic heterocycles. The van der Waals surface area contributed by atoms with Gasteiger partial charge in [0.2, 0.25) is 0 Å². The van der Waals surface area contributed by atoms with E-state index in [2.05, 4.69) is 9.80 Å². The highest BCUT2D eigenvalue weighted by atomic mass is 19.1. The third-order valence-electron chi connectivity index (χ3n) is 3.92. The fraction of sp³-hybridized carbons (Fsp3) is 0.571. The summed E-state index contributed by atoms with van der Waals surface area (Å²) < 4.78 is 13.5. The standard InChI is InChI=1S/C14H20FN3/c15-12-7-11(10-16)8-14(9-12)18-5-3-17(4-6-18)13-1-2-13/h7-9,13H,1-6,10,16H2. The Morgan fingerprint density at radius 3 is 2.44 bits per heavy atom. The van der Waals surface area contributed by atoms with Gasteiger partial charge >= 0.3 is 0 Å². The van der Waals surface area contributed by atoms with Crippen LogP contribution in [0.2, 0.25) is 0 Å². The normalized spacial score (nSPS) is 21.3. The first kappa shape index (κ1) is 11.9. The van der Waals surface area contributed by atoms with Crippen LogP contribution in [0.5, 0.6) is 0 Å². The van der Waals surface area contributed by atoms with Gasteiger partial charge in [-0.2, -0.15) is 0 Å². The van der Waals surface area contributed by atoms with E-state index in [0.717, 1.165) is 43.5 Å². The topological polar surface area (TPSA) is 32.5 Å². The van der Waals surface area contributed by atoms with Gasteiger partial charge in [0.25, 0.3) is 0 Å². The fourth-order valence-corrected chi connectivity index (χ4v) is 2.72. The molecule has 4 heteroatoms. The molecule has 1 saturated carbocycles. The lowest BCUT2D eigenvalue weighted by molar-refractivity contribution is 0.248. The minimum atomic E-state index is -0.183. The van der Waals surface area contributed by atoms with Gasteiger partial charge in [0.05, 0.1) is 0 Å². The first-order valence-electron chi connectivity index (χ1n) is 6.75. The van der Waals surface area contributed by atoms with Gasteiger partial charge in [0.15, 0.2) is 0 Å². The molecule has 98 valence electrons. The molecule has 0 unspecified atom stereocenters. The van der Waals surface area contributed by atoms with Gasteiger partial charge in [-0.15, -0.1) is 0 Å². The summed E-state index contributed by atoms with van der Waals surface area (Å²) in [7, 11) is 0. The Hall–Kier alpha value is -1.13. The van der Waals surface area contributed by atoms with Gasteiger partial charge in [-0.3, -0.25) is 4.90 Å². The van der Waals surface area contributed by atoms with Crippen LogP contribution in [0.3, 0.4) is 0 Å². The van der Waals surface area contributed by atoms with Crippen LogP contribution in [0, 0.1) is 5.82 Å². The van der Waals surface area contributed by atoms with Gasteiger partial charge in [0.1, 0.15) is 5.82 Å². The zero-order chi connectivity index (χ0) is 12.5. The van der Waals surface area contributed by atoms with E-state index in [0.29, 0.717) is 6.54 Å². The summed E-state index contributed by atoms with van der Waals surface area (Å²) in [5.41, 5.74) is 7.44. The van der Waals surface area contributed by atoms with Crippen molar-refractivity contribution in [2.45, 2.75) is 25.4 Å². The van der Waals surface area contributed by atoms with Crippen LogP contribution in [0.15, 0.2) is 18.2 Å². The van der Waals surface area contributed by atoms with E-state index in [-0.39, 0.29) is 5.82 Å². The van der Waals surface area contributed by atoms with Gasteiger partial charge in [-0.1, -0.05) is 0 Å². The highest BCUT2D eigenvalue weighted by molar-refractivity contribution is 5.49. The zero-order valence-corrected chi connectivity index (χ0v) is 10.6. The quantitative estimate of drug-likeness (QED) is 0.882. The van der Waals surface area contributed by atoms with Gasteiger partial charge in [-0.25, -0.2) is 4.39 Å². The summed E-state index contributed by atoms with van der Waals surface area (Å²) in [6, 6.07) is 5.98. The molecular weight excluding hydrogens is 229 g/mol. The van der Waals surface area contributed by atoms with Crippen LogP contribution >= 0.6 is 0 Å². The Bertz CT molecular complexity index is 423.